The summed E-state index contributed by atoms with van der Waals surface area (Å²) < 4.78 is 16.7. The first-order chi connectivity index (χ1) is 32.5. The minimum atomic E-state index is -0.808. The summed E-state index contributed by atoms with van der Waals surface area (Å²) in [6, 6.07) is 0. The molecule has 0 aliphatic carbocycles. The lowest BCUT2D eigenvalue weighted by molar-refractivity contribution is -0.167. The van der Waals surface area contributed by atoms with Crippen LogP contribution in [0.3, 0.4) is 0 Å². The lowest BCUT2D eigenvalue weighted by atomic mass is 10.1. The van der Waals surface area contributed by atoms with Crippen LogP contribution in [0.5, 0.6) is 0 Å². The molecule has 0 rings (SSSR count). The molecule has 1 unspecified atom stereocenters. The largest absolute Gasteiger partial charge is 0.462 e. The Morgan fingerprint density at radius 1 is 0.318 bits per heavy atom. The molecule has 0 amide bonds. The molecule has 6 nitrogen and oxygen atoms in total. The van der Waals surface area contributed by atoms with Crippen molar-refractivity contribution in [2.24, 2.45) is 0 Å². The first-order valence-electron chi connectivity index (χ1n) is 26.9. The second-order valence-electron chi connectivity index (χ2n) is 17.4. The molecule has 0 saturated heterocycles. The number of allylic oxidation sites excluding steroid dienone is 18. The van der Waals surface area contributed by atoms with E-state index in [9.17, 15) is 14.4 Å². The quantitative estimate of drug-likeness (QED) is 0.0262. The molecule has 6 heteroatoms. The number of unbranched alkanes of at least 4 members (excludes halogenated alkanes) is 18. The highest BCUT2D eigenvalue weighted by Crippen LogP contribution is 2.14. The van der Waals surface area contributed by atoms with Crippen molar-refractivity contribution in [3.05, 3.63) is 109 Å². The van der Waals surface area contributed by atoms with Crippen LogP contribution in [0.4, 0.5) is 0 Å². The molecule has 1 atom stereocenters. The second-order valence-corrected chi connectivity index (χ2v) is 17.4. The van der Waals surface area contributed by atoms with Crippen LogP contribution in [0.1, 0.15) is 233 Å². The fourth-order valence-corrected chi connectivity index (χ4v) is 7.06. The van der Waals surface area contributed by atoms with Crippen LogP contribution in [-0.2, 0) is 28.6 Å². The number of carbonyl (C=O) groups is 3. The van der Waals surface area contributed by atoms with E-state index in [1.807, 2.05) is 0 Å². The molecule has 0 heterocycles. The number of rotatable bonds is 47. The number of carbonyl (C=O) groups excluding carboxylic acids is 3. The van der Waals surface area contributed by atoms with Crippen molar-refractivity contribution in [3.8, 4) is 0 Å². The van der Waals surface area contributed by atoms with Gasteiger partial charge in [0.15, 0.2) is 6.10 Å². The maximum absolute atomic E-state index is 12.8. The number of esters is 3. The molecular formula is C60H98O6. The molecule has 0 spiro atoms. The topological polar surface area (TPSA) is 78.9 Å². The van der Waals surface area contributed by atoms with Gasteiger partial charge in [0, 0.05) is 19.3 Å². The van der Waals surface area contributed by atoms with Gasteiger partial charge in [-0.05, 0) is 96.3 Å². The summed E-state index contributed by atoms with van der Waals surface area (Å²) in [7, 11) is 0. The highest BCUT2D eigenvalue weighted by Gasteiger charge is 2.19. The van der Waals surface area contributed by atoms with Crippen molar-refractivity contribution in [2.45, 2.75) is 239 Å². The molecule has 0 N–H and O–H groups in total. The molecule has 0 aliphatic heterocycles. The van der Waals surface area contributed by atoms with Crippen molar-refractivity contribution in [1.29, 1.82) is 0 Å². The summed E-state index contributed by atoms with van der Waals surface area (Å²) in [5, 5.41) is 0. The van der Waals surface area contributed by atoms with E-state index >= 15 is 0 Å². The third-order valence-corrected chi connectivity index (χ3v) is 11.0. The number of hydrogen-bond donors (Lipinski definition) is 0. The summed E-state index contributed by atoms with van der Waals surface area (Å²) in [6.45, 7) is 6.32. The lowest BCUT2D eigenvalue weighted by Crippen LogP contribution is -2.30. The van der Waals surface area contributed by atoms with Gasteiger partial charge in [-0.1, -0.05) is 226 Å². The average Bonchev–Trinajstić information content (AvgIpc) is 3.31. The molecule has 0 aromatic rings. The van der Waals surface area contributed by atoms with Crippen LogP contribution in [0.15, 0.2) is 109 Å². The molecule has 0 fully saturated rings. The molecule has 374 valence electrons. The Balaban J connectivity index is 4.34. The highest BCUT2D eigenvalue weighted by molar-refractivity contribution is 5.71. The van der Waals surface area contributed by atoms with Crippen LogP contribution >= 0.6 is 0 Å². The smallest absolute Gasteiger partial charge is 0.306 e. The van der Waals surface area contributed by atoms with Crippen LogP contribution in [0.2, 0.25) is 0 Å². The summed E-state index contributed by atoms with van der Waals surface area (Å²) in [4.78, 5) is 37.9. The van der Waals surface area contributed by atoms with Gasteiger partial charge in [0.2, 0.25) is 0 Å². The Hall–Kier alpha value is -3.93. The average molecular weight is 915 g/mol. The highest BCUT2D eigenvalue weighted by atomic mass is 16.6. The Bertz CT molecular complexity index is 1370. The third kappa shape index (κ3) is 51.1. The van der Waals surface area contributed by atoms with Crippen LogP contribution in [0.25, 0.3) is 0 Å². The second kappa shape index (κ2) is 53.7. The van der Waals surface area contributed by atoms with Crippen molar-refractivity contribution in [3.63, 3.8) is 0 Å². The molecule has 0 bridgehead atoms. The summed E-state index contributed by atoms with van der Waals surface area (Å²) in [5.74, 6) is -0.973. The molecule has 0 aliphatic rings. The van der Waals surface area contributed by atoms with Gasteiger partial charge in [0.25, 0.3) is 0 Å². The fourth-order valence-electron chi connectivity index (χ4n) is 7.06. The summed E-state index contributed by atoms with van der Waals surface area (Å²) in [5.41, 5.74) is 0. The maximum Gasteiger partial charge on any atom is 0.306 e. The van der Waals surface area contributed by atoms with Crippen LogP contribution < -0.4 is 0 Å². The number of ether oxygens (including phenoxy) is 3. The van der Waals surface area contributed by atoms with E-state index in [0.717, 1.165) is 103 Å². The normalized spacial score (nSPS) is 13.0. The van der Waals surface area contributed by atoms with Gasteiger partial charge in [-0.15, -0.1) is 0 Å². The Kier molecular flexibility index (Phi) is 50.5. The van der Waals surface area contributed by atoms with E-state index in [0.29, 0.717) is 19.3 Å². The zero-order valence-electron chi connectivity index (χ0n) is 42.7. The van der Waals surface area contributed by atoms with Crippen molar-refractivity contribution < 1.29 is 28.6 Å². The standard InChI is InChI=1S/C60H98O6/c1-4-7-10-13-16-19-21-23-25-27-28-29-30-31-32-34-35-37-39-41-44-47-50-53-59(62)65-56-57(55-64-58(61)52-49-46-43-18-15-12-9-6-3)66-60(63)54-51-48-45-42-40-38-36-33-26-24-22-20-17-14-11-8-5-2/h7-8,10-11,16-17,19-20,23-26,28-29,36,38,42,45,57H,4-6,9,12-15,18,21-22,27,30-35,37,39-41,43-44,46-56H2,1-3H3/b10-7-,11-8-,19-16-,20-17-,25-23-,26-24-,29-28-,38-36-,45-42-. The molecule has 0 saturated carbocycles. The first kappa shape index (κ1) is 62.1. The van der Waals surface area contributed by atoms with E-state index < -0.39 is 6.10 Å². The monoisotopic (exact) mass is 915 g/mol. The predicted octanol–water partition coefficient (Wildman–Crippen LogP) is 17.9. The van der Waals surface area contributed by atoms with E-state index in [-0.39, 0.29) is 37.5 Å². The minimum absolute atomic E-state index is 0.102. The van der Waals surface area contributed by atoms with Gasteiger partial charge in [0.05, 0.1) is 0 Å². The Morgan fingerprint density at radius 3 is 0.970 bits per heavy atom. The van der Waals surface area contributed by atoms with Gasteiger partial charge in [-0.25, -0.2) is 0 Å². The zero-order chi connectivity index (χ0) is 47.9. The lowest BCUT2D eigenvalue weighted by Gasteiger charge is -2.18. The molecular weight excluding hydrogens is 817 g/mol. The van der Waals surface area contributed by atoms with Gasteiger partial charge in [0.1, 0.15) is 13.2 Å². The summed E-state index contributed by atoms with van der Waals surface area (Å²) in [6.07, 6.45) is 72.4. The predicted molar refractivity (Wildman–Crippen MR) is 283 cm³/mol. The maximum atomic E-state index is 12.8. The Labute approximate surface area is 406 Å². The Morgan fingerprint density at radius 2 is 0.606 bits per heavy atom. The van der Waals surface area contributed by atoms with Crippen molar-refractivity contribution in [1.82, 2.24) is 0 Å². The molecule has 0 aromatic carbocycles. The van der Waals surface area contributed by atoms with Crippen LogP contribution in [-0.4, -0.2) is 37.2 Å². The van der Waals surface area contributed by atoms with E-state index in [1.54, 1.807) is 0 Å². The van der Waals surface area contributed by atoms with Crippen molar-refractivity contribution in [2.75, 3.05) is 13.2 Å². The van der Waals surface area contributed by atoms with Gasteiger partial charge < -0.3 is 14.2 Å². The molecule has 0 aromatic heterocycles. The SMILES string of the molecule is CC/C=C\C/C=C\C/C=C\C/C=C\C/C=C\CCCC(=O)OC(COC(=O)CCCCCCCCCC)COC(=O)CCCCCCCCCCCC/C=C\C/C=C\C/C=C\C/C=C\CC. The molecule has 66 heavy (non-hydrogen) atoms. The van der Waals surface area contributed by atoms with Crippen molar-refractivity contribution >= 4 is 17.9 Å². The van der Waals surface area contributed by atoms with Gasteiger partial charge >= 0.3 is 17.9 Å². The van der Waals surface area contributed by atoms with E-state index in [1.165, 1.54) is 83.5 Å². The van der Waals surface area contributed by atoms with Gasteiger partial charge in [-0.3, -0.25) is 14.4 Å². The zero-order valence-corrected chi connectivity index (χ0v) is 42.7. The van der Waals surface area contributed by atoms with Crippen LogP contribution in [0, 0.1) is 0 Å². The van der Waals surface area contributed by atoms with E-state index in [4.69, 9.17) is 14.2 Å². The molecule has 0 radical (unpaired) electrons. The number of hydrogen-bond acceptors (Lipinski definition) is 6. The fraction of sp³-hybridized carbons (Fsp3) is 0.650. The first-order valence-corrected chi connectivity index (χ1v) is 26.9. The summed E-state index contributed by atoms with van der Waals surface area (Å²) >= 11 is 0. The van der Waals surface area contributed by atoms with E-state index in [2.05, 4.69) is 130 Å². The third-order valence-electron chi connectivity index (χ3n) is 11.0. The van der Waals surface area contributed by atoms with Gasteiger partial charge in [-0.2, -0.15) is 0 Å². The minimum Gasteiger partial charge on any atom is -0.462 e.